The van der Waals surface area contributed by atoms with Gasteiger partial charge in [-0.3, -0.25) is 4.90 Å². The molecule has 0 aromatic heterocycles. The Balaban J connectivity index is 0.00000256. The summed E-state index contributed by atoms with van der Waals surface area (Å²) < 4.78 is 0. The van der Waals surface area contributed by atoms with Crippen LogP contribution in [0.1, 0.15) is 51.5 Å². The molecule has 0 radical (unpaired) electrons. The number of halogens is 1. The monoisotopic (exact) mass is 461 g/mol. The van der Waals surface area contributed by atoms with Gasteiger partial charge in [0.05, 0.1) is 17.5 Å². The minimum Gasteiger partial charge on any atom is -0.376 e. The van der Waals surface area contributed by atoms with Crippen molar-refractivity contribution >= 4 is 52.8 Å². The Morgan fingerprint density at radius 1 is 1.07 bits per heavy atom. The third-order valence-corrected chi connectivity index (χ3v) is 7.38. The summed E-state index contributed by atoms with van der Waals surface area (Å²) >= 11 is 7.58. The molecule has 1 fully saturated rings. The Morgan fingerprint density at radius 2 is 1.80 bits per heavy atom. The van der Waals surface area contributed by atoms with E-state index < -0.39 is 0 Å². The van der Waals surface area contributed by atoms with E-state index in [0.29, 0.717) is 6.17 Å². The van der Waals surface area contributed by atoms with Crippen molar-refractivity contribution in [1.29, 1.82) is 0 Å². The van der Waals surface area contributed by atoms with Crippen LogP contribution >= 0.6 is 36.4 Å². The second-order valence-corrected chi connectivity index (χ2v) is 9.36. The van der Waals surface area contributed by atoms with Gasteiger partial charge in [-0.15, -0.1) is 12.4 Å². The molecule has 1 N–H and O–H groups in total. The number of para-hydroxylation sites is 1. The van der Waals surface area contributed by atoms with Crippen molar-refractivity contribution in [2.75, 3.05) is 24.5 Å². The molecule has 3 nitrogen and oxygen atoms in total. The Morgan fingerprint density at radius 3 is 2.53 bits per heavy atom. The van der Waals surface area contributed by atoms with Crippen LogP contribution in [0.3, 0.4) is 0 Å². The number of rotatable bonds is 7. The molecule has 1 unspecified atom stereocenters. The highest BCUT2D eigenvalue weighted by atomic mass is 35.5. The molecular weight excluding hydrogens is 430 g/mol. The highest BCUT2D eigenvalue weighted by Gasteiger charge is 2.33. The van der Waals surface area contributed by atoms with Gasteiger partial charge < -0.3 is 10.2 Å². The zero-order valence-corrected chi connectivity index (χ0v) is 20.3. The minimum atomic E-state index is 0. The van der Waals surface area contributed by atoms with Crippen LogP contribution in [0.5, 0.6) is 0 Å². The summed E-state index contributed by atoms with van der Waals surface area (Å²) in [6.07, 6.45) is 6.41. The first kappa shape index (κ1) is 23.4. The first-order valence-corrected chi connectivity index (χ1v) is 12.2. The van der Waals surface area contributed by atoms with Crippen LogP contribution in [0.2, 0.25) is 0 Å². The summed E-state index contributed by atoms with van der Waals surface area (Å²) in [5, 5.41) is 3.43. The van der Waals surface area contributed by atoms with Gasteiger partial charge in [-0.05, 0) is 49.9 Å². The zero-order chi connectivity index (χ0) is 20.2. The lowest BCUT2D eigenvalue weighted by molar-refractivity contribution is 0.239. The van der Waals surface area contributed by atoms with E-state index in [-0.39, 0.29) is 12.4 Å². The van der Waals surface area contributed by atoms with E-state index in [1.54, 1.807) is 0 Å². The van der Waals surface area contributed by atoms with Crippen molar-refractivity contribution < 1.29 is 0 Å². The predicted molar refractivity (Wildman–Crippen MR) is 136 cm³/mol. The van der Waals surface area contributed by atoms with Gasteiger partial charge in [-0.25, -0.2) is 0 Å². The van der Waals surface area contributed by atoms with Crippen LogP contribution in [-0.4, -0.2) is 35.7 Å². The number of likely N-dealkylation sites (tertiary alicyclic amines) is 1. The molecule has 30 heavy (non-hydrogen) atoms. The molecule has 2 aromatic rings. The maximum absolute atomic E-state index is 5.71. The number of unbranched alkanes of at least 4 members (excludes halogenated alkanes) is 1. The number of hydrogen-bond acceptors (Lipinski definition) is 4. The van der Waals surface area contributed by atoms with E-state index in [0.717, 1.165) is 29.9 Å². The number of fused-ring (bicyclic) bond motifs is 2. The number of thiocarbonyl (C=S) groups is 1. The fourth-order valence-corrected chi connectivity index (χ4v) is 5.65. The van der Waals surface area contributed by atoms with Crippen molar-refractivity contribution in [3.8, 4) is 0 Å². The number of benzene rings is 2. The number of nitrogens with zero attached hydrogens (tertiary/aromatic N) is 2. The largest absolute Gasteiger partial charge is 0.376 e. The summed E-state index contributed by atoms with van der Waals surface area (Å²) in [4.78, 5) is 8.75. The Kier molecular flexibility index (Phi) is 8.46. The van der Waals surface area contributed by atoms with E-state index in [9.17, 15) is 0 Å². The molecule has 2 aromatic carbocycles. The van der Waals surface area contributed by atoms with E-state index in [1.807, 2.05) is 11.8 Å². The normalized spacial score (nSPS) is 16.4. The fourth-order valence-electron chi connectivity index (χ4n) is 4.37. The standard InChI is InChI=1S/C24H31N3S2.ClH/c1-3-5-14-25-24(28)18-12-13-22-20(17-18)27(19-10-6-7-11-21(19)29-22)23(4-2)26-15-8-9-16-26;/h6-7,10-13,17,23H,3-5,8-9,14-16H2,1-2H3,(H,25,28);1H. The number of hydrogen-bond donors (Lipinski definition) is 1. The van der Waals surface area contributed by atoms with Crippen LogP contribution in [0.4, 0.5) is 11.4 Å². The Hall–Kier alpha value is -1.27. The van der Waals surface area contributed by atoms with Crippen molar-refractivity contribution in [1.82, 2.24) is 10.2 Å². The molecule has 0 saturated carbocycles. The summed E-state index contributed by atoms with van der Waals surface area (Å²) in [7, 11) is 0. The van der Waals surface area contributed by atoms with Crippen molar-refractivity contribution in [2.24, 2.45) is 0 Å². The van der Waals surface area contributed by atoms with Gasteiger partial charge in [0, 0.05) is 35.0 Å². The van der Waals surface area contributed by atoms with E-state index in [4.69, 9.17) is 12.2 Å². The molecule has 0 spiro atoms. The highest BCUT2D eigenvalue weighted by Crippen LogP contribution is 2.50. The maximum atomic E-state index is 5.71. The molecule has 2 aliphatic rings. The van der Waals surface area contributed by atoms with Gasteiger partial charge in [0.2, 0.25) is 0 Å². The molecule has 2 aliphatic heterocycles. The molecule has 0 bridgehead atoms. The van der Waals surface area contributed by atoms with E-state index in [2.05, 4.69) is 71.4 Å². The van der Waals surface area contributed by atoms with E-state index >= 15 is 0 Å². The minimum absolute atomic E-state index is 0. The van der Waals surface area contributed by atoms with Crippen LogP contribution < -0.4 is 10.2 Å². The molecule has 4 rings (SSSR count). The highest BCUT2D eigenvalue weighted by molar-refractivity contribution is 7.99. The van der Waals surface area contributed by atoms with Gasteiger partial charge in [0.15, 0.2) is 0 Å². The van der Waals surface area contributed by atoms with Crippen LogP contribution in [0, 0.1) is 0 Å². The summed E-state index contributed by atoms with van der Waals surface area (Å²) in [5.74, 6) is 0. The lowest BCUT2D eigenvalue weighted by Crippen LogP contribution is -2.45. The van der Waals surface area contributed by atoms with Gasteiger partial charge in [0.25, 0.3) is 0 Å². The number of anilines is 2. The third kappa shape index (κ3) is 4.80. The average Bonchev–Trinajstić information content (AvgIpc) is 3.28. The maximum Gasteiger partial charge on any atom is 0.106 e. The molecule has 2 heterocycles. The second kappa shape index (κ2) is 10.9. The van der Waals surface area contributed by atoms with Crippen LogP contribution in [0.15, 0.2) is 52.3 Å². The summed E-state index contributed by atoms with van der Waals surface area (Å²) in [6.45, 7) is 7.85. The van der Waals surface area contributed by atoms with Gasteiger partial charge in [-0.1, -0.05) is 62.4 Å². The van der Waals surface area contributed by atoms with Gasteiger partial charge in [0.1, 0.15) is 4.99 Å². The van der Waals surface area contributed by atoms with E-state index in [1.165, 1.54) is 53.5 Å². The van der Waals surface area contributed by atoms with Crippen molar-refractivity contribution in [3.05, 3.63) is 48.0 Å². The fraction of sp³-hybridized carbons (Fsp3) is 0.458. The van der Waals surface area contributed by atoms with Gasteiger partial charge >= 0.3 is 0 Å². The predicted octanol–water partition coefficient (Wildman–Crippen LogP) is 6.61. The first-order chi connectivity index (χ1) is 14.2. The molecule has 162 valence electrons. The van der Waals surface area contributed by atoms with Crippen molar-refractivity contribution in [3.63, 3.8) is 0 Å². The average molecular weight is 462 g/mol. The lowest BCUT2D eigenvalue weighted by atomic mass is 10.1. The smallest absolute Gasteiger partial charge is 0.106 e. The third-order valence-electron chi connectivity index (χ3n) is 5.87. The summed E-state index contributed by atoms with van der Waals surface area (Å²) in [6, 6.07) is 15.6. The molecule has 1 saturated heterocycles. The van der Waals surface area contributed by atoms with Crippen LogP contribution in [-0.2, 0) is 0 Å². The molecule has 1 atom stereocenters. The second-order valence-electron chi connectivity index (χ2n) is 7.86. The zero-order valence-electron chi connectivity index (χ0n) is 17.9. The molecular formula is C24H32ClN3S2. The Labute approximate surface area is 197 Å². The van der Waals surface area contributed by atoms with Crippen LogP contribution in [0.25, 0.3) is 0 Å². The molecule has 0 aliphatic carbocycles. The Bertz CT molecular complexity index is 867. The molecule has 6 heteroatoms. The first-order valence-electron chi connectivity index (χ1n) is 10.9. The van der Waals surface area contributed by atoms with Crippen molar-refractivity contribution in [2.45, 2.75) is 61.9 Å². The summed E-state index contributed by atoms with van der Waals surface area (Å²) in [5.41, 5.74) is 3.74. The lowest BCUT2D eigenvalue weighted by Gasteiger charge is -2.42. The quantitative estimate of drug-likeness (QED) is 0.368. The topological polar surface area (TPSA) is 18.5 Å². The number of nitrogens with one attached hydrogen (secondary N) is 1. The SMILES string of the molecule is CCCCNC(=S)c1ccc2c(c1)N(C(CC)N1CCCC1)c1ccccc1S2.Cl. The molecule has 0 amide bonds. The van der Waals surface area contributed by atoms with Gasteiger partial charge in [-0.2, -0.15) is 0 Å².